The monoisotopic (exact) mass is 311 g/mol. The van der Waals surface area contributed by atoms with Crippen LogP contribution in [-0.4, -0.2) is 59.3 Å². The van der Waals surface area contributed by atoms with Gasteiger partial charge in [0.15, 0.2) is 0 Å². The average Bonchev–Trinajstić information content (AvgIpc) is 2.52. The Bertz CT molecular complexity index is 505. The molecule has 22 heavy (non-hydrogen) atoms. The molecular formula is C15H21NO6. The van der Waals surface area contributed by atoms with Crippen LogP contribution in [0.5, 0.6) is 5.75 Å². The summed E-state index contributed by atoms with van der Waals surface area (Å²) in [6.07, 6.45) is -4.14. The van der Waals surface area contributed by atoms with Gasteiger partial charge in [0.05, 0.1) is 19.8 Å². The molecule has 7 nitrogen and oxygen atoms in total. The number of amides is 1. The van der Waals surface area contributed by atoms with Crippen LogP contribution in [0.25, 0.3) is 0 Å². The molecule has 1 heterocycles. The second kappa shape index (κ2) is 7.06. The minimum Gasteiger partial charge on any atom is -0.497 e. The van der Waals surface area contributed by atoms with Crippen LogP contribution in [0.15, 0.2) is 24.3 Å². The number of carbonyl (C=O) groups excluding carboxylic acids is 1. The fourth-order valence-corrected chi connectivity index (χ4v) is 2.59. The normalized spacial score (nSPS) is 31.6. The number of nitrogens with one attached hydrogen (secondary N) is 1. The van der Waals surface area contributed by atoms with Crippen LogP contribution in [0.4, 0.5) is 0 Å². The third-order valence-corrected chi connectivity index (χ3v) is 3.74. The van der Waals surface area contributed by atoms with Crippen LogP contribution in [0, 0.1) is 0 Å². The summed E-state index contributed by atoms with van der Waals surface area (Å²) in [5.74, 6) is 0.315. The van der Waals surface area contributed by atoms with Crippen molar-refractivity contribution in [2.24, 2.45) is 0 Å². The molecule has 0 aromatic heterocycles. The molecule has 1 amide bonds. The number of ether oxygens (including phenoxy) is 2. The van der Waals surface area contributed by atoms with Gasteiger partial charge in [-0.3, -0.25) is 4.79 Å². The average molecular weight is 311 g/mol. The summed E-state index contributed by atoms with van der Waals surface area (Å²) in [7, 11) is 1.55. The molecule has 0 aliphatic carbocycles. The minimum absolute atomic E-state index is 0.346. The second-order valence-corrected chi connectivity index (χ2v) is 5.26. The van der Waals surface area contributed by atoms with Gasteiger partial charge in [-0.25, -0.2) is 0 Å². The first-order chi connectivity index (χ1) is 10.5. The van der Waals surface area contributed by atoms with Crippen molar-refractivity contribution >= 4 is 5.91 Å². The molecule has 0 radical (unpaired) electrons. The SMILES string of the molecule is COc1ccc([C@@H]2O[C@H](CO)[C@@H](O)[C@H](O)[C@H]2NC(C)=O)cc1. The summed E-state index contributed by atoms with van der Waals surface area (Å²) in [5.41, 5.74) is 0.698. The maximum absolute atomic E-state index is 11.4. The molecule has 0 unspecified atom stereocenters. The van der Waals surface area contributed by atoms with Gasteiger partial charge in [-0.2, -0.15) is 0 Å². The summed E-state index contributed by atoms with van der Waals surface area (Å²) in [5, 5.41) is 32.1. The topological polar surface area (TPSA) is 108 Å². The molecule has 1 aliphatic heterocycles. The van der Waals surface area contributed by atoms with Crippen molar-refractivity contribution in [1.82, 2.24) is 5.32 Å². The largest absolute Gasteiger partial charge is 0.497 e. The molecule has 1 aromatic rings. The third-order valence-electron chi connectivity index (χ3n) is 3.74. The zero-order valence-corrected chi connectivity index (χ0v) is 12.5. The van der Waals surface area contributed by atoms with Crippen molar-refractivity contribution in [1.29, 1.82) is 0 Å². The summed E-state index contributed by atoms with van der Waals surface area (Å²) < 4.78 is 10.8. The quantitative estimate of drug-likeness (QED) is 0.589. The molecule has 122 valence electrons. The van der Waals surface area contributed by atoms with E-state index in [-0.39, 0.29) is 5.91 Å². The number of benzene rings is 1. The molecule has 7 heteroatoms. The van der Waals surface area contributed by atoms with Crippen molar-refractivity contribution in [2.45, 2.75) is 37.4 Å². The molecular weight excluding hydrogens is 290 g/mol. The Balaban J connectivity index is 2.31. The lowest BCUT2D eigenvalue weighted by atomic mass is 9.89. The number of methoxy groups -OCH3 is 1. The molecule has 0 spiro atoms. The van der Waals surface area contributed by atoms with Crippen molar-refractivity contribution < 1.29 is 29.6 Å². The fraction of sp³-hybridized carbons (Fsp3) is 0.533. The van der Waals surface area contributed by atoms with E-state index < -0.39 is 37.1 Å². The molecule has 4 N–H and O–H groups in total. The highest BCUT2D eigenvalue weighted by Gasteiger charge is 2.45. The molecule has 0 saturated carbocycles. The van der Waals surface area contributed by atoms with Gasteiger partial charge >= 0.3 is 0 Å². The van der Waals surface area contributed by atoms with E-state index in [1.165, 1.54) is 6.92 Å². The summed E-state index contributed by atoms with van der Waals surface area (Å²) >= 11 is 0. The second-order valence-electron chi connectivity index (χ2n) is 5.26. The van der Waals surface area contributed by atoms with E-state index in [1.54, 1.807) is 31.4 Å². The Morgan fingerprint density at radius 2 is 1.91 bits per heavy atom. The number of carbonyl (C=O) groups is 1. The highest BCUT2D eigenvalue weighted by atomic mass is 16.5. The maximum Gasteiger partial charge on any atom is 0.217 e. The molecule has 5 atom stereocenters. The van der Waals surface area contributed by atoms with Crippen LogP contribution >= 0.6 is 0 Å². The predicted molar refractivity (Wildman–Crippen MR) is 77.3 cm³/mol. The van der Waals surface area contributed by atoms with E-state index >= 15 is 0 Å². The lowest BCUT2D eigenvalue weighted by molar-refractivity contribution is -0.197. The highest BCUT2D eigenvalue weighted by Crippen LogP contribution is 2.33. The Kier molecular flexibility index (Phi) is 5.36. The fourth-order valence-electron chi connectivity index (χ4n) is 2.59. The molecule has 2 rings (SSSR count). The number of hydrogen-bond acceptors (Lipinski definition) is 6. The Hall–Kier alpha value is -1.67. The van der Waals surface area contributed by atoms with Crippen LogP contribution in [0.1, 0.15) is 18.6 Å². The van der Waals surface area contributed by atoms with Gasteiger partial charge in [-0.15, -0.1) is 0 Å². The van der Waals surface area contributed by atoms with Gasteiger partial charge in [0, 0.05) is 6.92 Å². The molecule has 1 aliphatic rings. The van der Waals surface area contributed by atoms with Gasteiger partial charge in [0.25, 0.3) is 0 Å². The van der Waals surface area contributed by atoms with E-state index in [0.29, 0.717) is 11.3 Å². The van der Waals surface area contributed by atoms with Crippen molar-refractivity contribution in [2.75, 3.05) is 13.7 Å². The van der Waals surface area contributed by atoms with Crippen LogP contribution in [0.3, 0.4) is 0 Å². The van der Waals surface area contributed by atoms with E-state index in [2.05, 4.69) is 5.32 Å². The smallest absolute Gasteiger partial charge is 0.217 e. The molecule has 1 aromatic carbocycles. The standard InChI is InChI=1S/C15H21NO6/c1-8(18)16-12-14(20)13(19)11(7-17)22-15(12)9-3-5-10(21-2)6-4-9/h3-6,11-15,17,19-20H,7H2,1-2H3,(H,16,18)/t11-,12-,13-,14-,15+/m1/s1. The first-order valence-corrected chi connectivity index (χ1v) is 7.01. The van der Waals surface area contributed by atoms with Crippen LogP contribution in [-0.2, 0) is 9.53 Å². The number of aliphatic hydroxyl groups is 3. The lowest BCUT2D eigenvalue weighted by Crippen LogP contribution is -2.60. The number of aliphatic hydroxyl groups excluding tert-OH is 3. The zero-order valence-electron chi connectivity index (χ0n) is 12.5. The lowest BCUT2D eigenvalue weighted by Gasteiger charge is -2.42. The predicted octanol–water partition coefficient (Wildman–Crippen LogP) is -0.646. The van der Waals surface area contributed by atoms with Crippen molar-refractivity contribution in [3.05, 3.63) is 29.8 Å². The van der Waals surface area contributed by atoms with Crippen molar-refractivity contribution in [3.8, 4) is 5.75 Å². The van der Waals surface area contributed by atoms with Gasteiger partial charge in [0.1, 0.15) is 30.2 Å². The summed E-state index contributed by atoms with van der Waals surface area (Å²) in [6.45, 7) is 0.889. The first kappa shape index (κ1) is 16.7. The van der Waals surface area contributed by atoms with E-state index in [1.807, 2.05) is 0 Å². The molecule has 1 fully saturated rings. The van der Waals surface area contributed by atoms with E-state index in [9.17, 15) is 20.1 Å². The number of hydrogen-bond donors (Lipinski definition) is 4. The zero-order chi connectivity index (χ0) is 16.3. The minimum atomic E-state index is -1.28. The van der Waals surface area contributed by atoms with Gasteiger partial charge in [-0.05, 0) is 17.7 Å². The van der Waals surface area contributed by atoms with Crippen LogP contribution < -0.4 is 10.1 Å². The summed E-state index contributed by atoms with van der Waals surface area (Å²) in [6, 6.07) is 6.14. The first-order valence-electron chi connectivity index (χ1n) is 7.01. The van der Waals surface area contributed by atoms with Crippen LogP contribution in [0.2, 0.25) is 0 Å². The highest BCUT2D eigenvalue weighted by molar-refractivity contribution is 5.73. The van der Waals surface area contributed by atoms with E-state index in [4.69, 9.17) is 9.47 Å². The Labute approximate surface area is 128 Å². The van der Waals surface area contributed by atoms with E-state index in [0.717, 1.165) is 0 Å². The molecule has 1 saturated heterocycles. The van der Waals surface area contributed by atoms with Crippen molar-refractivity contribution in [3.63, 3.8) is 0 Å². The third kappa shape index (κ3) is 3.38. The maximum atomic E-state index is 11.4. The van der Waals surface area contributed by atoms with Gasteiger partial charge in [0.2, 0.25) is 5.91 Å². The van der Waals surface area contributed by atoms with Gasteiger partial charge < -0.3 is 30.1 Å². The van der Waals surface area contributed by atoms with Gasteiger partial charge in [-0.1, -0.05) is 12.1 Å². The number of rotatable bonds is 4. The molecule has 0 bridgehead atoms. The Morgan fingerprint density at radius 3 is 2.41 bits per heavy atom. The summed E-state index contributed by atoms with van der Waals surface area (Å²) in [4.78, 5) is 11.4. The Morgan fingerprint density at radius 1 is 1.27 bits per heavy atom.